The van der Waals surface area contributed by atoms with E-state index in [1.54, 1.807) is 13.0 Å². The Kier molecular flexibility index (Phi) is 7.23. The fraction of sp³-hybridized carbons (Fsp3) is 0.333. The number of nitrogens with zero attached hydrogens (tertiary/aromatic N) is 1. The fourth-order valence-electron chi connectivity index (χ4n) is 1.54. The number of halogens is 1. The molecule has 1 aromatic carbocycles. The Balaban J connectivity index is 3.02. The van der Waals surface area contributed by atoms with Crippen LogP contribution < -0.4 is 4.74 Å². The molecule has 0 fully saturated rings. The highest BCUT2D eigenvalue weighted by atomic mass is 35.5. The van der Waals surface area contributed by atoms with Gasteiger partial charge in [0.2, 0.25) is 0 Å². The standard InChI is InChI=1S/C15H16ClNO5/c1-3-21-13-8-10(7-12(16)14(13)18)6-11(9-17)15(19)22-5-4-20-2/h6-8,18H,3-5H2,1-2H3/b11-6+. The van der Waals surface area contributed by atoms with Crippen LogP contribution in [0.5, 0.6) is 11.5 Å². The first-order valence-electron chi connectivity index (χ1n) is 6.46. The van der Waals surface area contributed by atoms with Crippen molar-refractivity contribution in [3.8, 4) is 17.6 Å². The van der Waals surface area contributed by atoms with Crippen LogP contribution in [0.1, 0.15) is 12.5 Å². The van der Waals surface area contributed by atoms with Crippen molar-refractivity contribution in [3.05, 3.63) is 28.3 Å². The lowest BCUT2D eigenvalue weighted by atomic mass is 10.1. The first-order valence-corrected chi connectivity index (χ1v) is 6.84. The summed E-state index contributed by atoms with van der Waals surface area (Å²) < 4.78 is 14.9. The smallest absolute Gasteiger partial charge is 0.348 e. The third-order valence-electron chi connectivity index (χ3n) is 2.52. The normalized spacial score (nSPS) is 10.9. The fourth-order valence-corrected chi connectivity index (χ4v) is 1.76. The molecule has 0 aromatic heterocycles. The van der Waals surface area contributed by atoms with Crippen LogP contribution >= 0.6 is 11.6 Å². The highest BCUT2D eigenvalue weighted by Crippen LogP contribution is 2.35. The maximum Gasteiger partial charge on any atom is 0.348 e. The monoisotopic (exact) mass is 325 g/mol. The number of rotatable bonds is 7. The molecule has 1 N–H and O–H groups in total. The number of aromatic hydroxyl groups is 1. The molecule has 6 nitrogen and oxygen atoms in total. The SMILES string of the molecule is CCOc1cc(/C=C(\C#N)C(=O)OCCOC)cc(Cl)c1O. The van der Waals surface area contributed by atoms with E-state index in [4.69, 9.17) is 31.1 Å². The van der Waals surface area contributed by atoms with Crippen LogP contribution in [-0.2, 0) is 14.3 Å². The second-order valence-corrected chi connectivity index (χ2v) is 4.49. The molecule has 0 saturated carbocycles. The lowest BCUT2D eigenvalue weighted by Gasteiger charge is -2.08. The summed E-state index contributed by atoms with van der Waals surface area (Å²) in [6.07, 6.45) is 1.31. The molecule has 0 atom stereocenters. The predicted molar refractivity (Wildman–Crippen MR) is 80.7 cm³/mol. The van der Waals surface area contributed by atoms with Gasteiger partial charge >= 0.3 is 5.97 Å². The van der Waals surface area contributed by atoms with Crippen LogP contribution in [0.25, 0.3) is 6.08 Å². The van der Waals surface area contributed by atoms with E-state index in [1.165, 1.54) is 25.3 Å². The summed E-state index contributed by atoms with van der Waals surface area (Å²) in [5, 5.41) is 18.9. The van der Waals surface area contributed by atoms with Crippen molar-refractivity contribution in [2.75, 3.05) is 26.9 Å². The summed E-state index contributed by atoms with van der Waals surface area (Å²) in [4.78, 5) is 11.7. The zero-order chi connectivity index (χ0) is 16.5. The third kappa shape index (κ3) is 4.95. The Morgan fingerprint density at radius 2 is 2.18 bits per heavy atom. The van der Waals surface area contributed by atoms with E-state index < -0.39 is 5.97 Å². The van der Waals surface area contributed by atoms with E-state index in [0.717, 1.165) is 0 Å². The van der Waals surface area contributed by atoms with E-state index >= 15 is 0 Å². The van der Waals surface area contributed by atoms with Crippen LogP contribution in [0.2, 0.25) is 5.02 Å². The molecule has 22 heavy (non-hydrogen) atoms. The molecule has 0 saturated heterocycles. The van der Waals surface area contributed by atoms with Crippen LogP contribution in [0.3, 0.4) is 0 Å². The number of ether oxygens (including phenoxy) is 3. The number of phenols is 1. The summed E-state index contributed by atoms with van der Waals surface area (Å²) in [6, 6.07) is 4.65. The van der Waals surface area contributed by atoms with Gasteiger partial charge in [-0.2, -0.15) is 5.26 Å². The maximum atomic E-state index is 11.7. The number of carbonyl (C=O) groups is 1. The summed E-state index contributed by atoms with van der Waals surface area (Å²) >= 11 is 5.89. The average Bonchev–Trinajstić information content (AvgIpc) is 2.50. The van der Waals surface area contributed by atoms with E-state index in [2.05, 4.69) is 0 Å². The van der Waals surface area contributed by atoms with Gasteiger partial charge in [-0.05, 0) is 30.7 Å². The predicted octanol–water partition coefficient (Wildman–Crippen LogP) is 2.54. The quantitative estimate of drug-likeness (QED) is 0.358. The lowest BCUT2D eigenvalue weighted by Crippen LogP contribution is -2.11. The number of methoxy groups -OCH3 is 1. The molecule has 0 radical (unpaired) electrons. The molecule has 0 aliphatic rings. The molecule has 0 spiro atoms. The van der Waals surface area contributed by atoms with Gasteiger partial charge in [0.25, 0.3) is 0 Å². The number of esters is 1. The van der Waals surface area contributed by atoms with Crippen molar-refractivity contribution in [3.63, 3.8) is 0 Å². The number of hydrogen-bond acceptors (Lipinski definition) is 6. The highest BCUT2D eigenvalue weighted by Gasteiger charge is 2.13. The van der Waals surface area contributed by atoms with Gasteiger partial charge in [-0.3, -0.25) is 0 Å². The number of carbonyl (C=O) groups excluding carboxylic acids is 1. The zero-order valence-electron chi connectivity index (χ0n) is 12.3. The van der Waals surface area contributed by atoms with Gasteiger partial charge in [0.1, 0.15) is 18.2 Å². The van der Waals surface area contributed by atoms with Crippen molar-refractivity contribution in [1.82, 2.24) is 0 Å². The van der Waals surface area contributed by atoms with Gasteiger partial charge in [-0.15, -0.1) is 0 Å². The summed E-state index contributed by atoms with van der Waals surface area (Å²) in [5.41, 5.74) is 0.242. The molecule has 0 amide bonds. The molecule has 7 heteroatoms. The second-order valence-electron chi connectivity index (χ2n) is 4.08. The van der Waals surface area contributed by atoms with Gasteiger partial charge < -0.3 is 19.3 Å². The molecule has 0 aliphatic carbocycles. The van der Waals surface area contributed by atoms with Gasteiger partial charge in [-0.25, -0.2) is 4.79 Å². The molecule has 0 bridgehead atoms. The van der Waals surface area contributed by atoms with E-state index in [1.807, 2.05) is 0 Å². The molecular formula is C15H16ClNO5. The van der Waals surface area contributed by atoms with Gasteiger partial charge in [0.05, 0.1) is 18.2 Å². The Morgan fingerprint density at radius 1 is 1.45 bits per heavy atom. The maximum absolute atomic E-state index is 11.7. The van der Waals surface area contributed by atoms with Crippen molar-refractivity contribution in [2.24, 2.45) is 0 Å². The van der Waals surface area contributed by atoms with Gasteiger partial charge in [-0.1, -0.05) is 11.6 Å². The first-order chi connectivity index (χ1) is 10.5. The summed E-state index contributed by atoms with van der Waals surface area (Å²) in [7, 11) is 1.47. The molecule has 1 rings (SSSR count). The van der Waals surface area contributed by atoms with Gasteiger partial charge in [0, 0.05) is 7.11 Å². The Bertz CT molecular complexity index is 607. The van der Waals surface area contributed by atoms with Crippen molar-refractivity contribution in [1.29, 1.82) is 5.26 Å². The molecule has 0 unspecified atom stereocenters. The summed E-state index contributed by atoms with van der Waals surface area (Å²) in [6.45, 7) is 2.38. The van der Waals surface area contributed by atoms with Crippen molar-refractivity contribution < 1.29 is 24.1 Å². The minimum absolute atomic E-state index is 0.0505. The summed E-state index contributed by atoms with van der Waals surface area (Å²) in [5.74, 6) is -0.783. The Morgan fingerprint density at radius 3 is 2.77 bits per heavy atom. The molecule has 0 heterocycles. The first kappa shape index (κ1) is 17.8. The number of benzene rings is 1. The topological polar surface area (TPSA) is 88.8 Å². The molecular weight excluding hydrogens is 310 g/mol. The minimum Gasteiger partial charge on any atom is -0.503 e. The largest absolute Gasteiger partial charge is 0.503 e. The third-order valence-corrected chi connectivity index (χ3v) is 2.81. The van der Waals surface area contributed by atoms with Crippen molar-refractivity contribution >= 4 is 23.6 Å². The lowest BCUT2D eigenvalue weighted by molar-refractivity contribution is -0.139. The molecule has 1 aromatic rings. The van der Waals surface area contributed by atoms with E-state index in [9.17, 15) is 9.90 Å². The average molecular weight is 326 g/mol. The number of nitriles is 1. The number of hydrogen-bond donors (Lipinski definition) is 1. The van der Waals surface area contributed by atoms with Crippen molar-refractivity contribution in [2.45, 2.75) is 6.92 Å². The second kappa shape index (κ2) is 8.93. The molecule has 118 valence electrons. The van der Waals surface area contributed by atoms with Crippen LogP contribution in [0.15, 0.2) is 17.7 Å². The van der Waals surface area contributed by atoms with Gasteiger partial charge in [0.15, 0.2) is 11.5 Å². The molecule has 0 aliphatic heterocycles. The number of phenolic OH excluding ortho intramolecular Hbond substituents is 1. The van der Waals surface area contributed by atoms with Crippen LogP contribution in [0.4, 0.5) is 0 Å². The van der Waals surface area contributed by atoms with Crippen LogP contribution in [-0.4, -0.2) is 38.0 Å². The highest BCUT2D eigenvalue weighted by molar-refractivity contribution is 6.32. The Hall–Kier alpha value is -2.23. The van der Waals surface area contributed by atoms with E-state index in [0.29, 0.717) is 12.2 Å². The minimum atomic E-state index is -0.762. The van der Waals surface area contributed by atoms with Crippen LogP contribution in [0, 0.1) is 11.3 Å². The van der Waals surface area contributed by atoms with E-state index in [-0.39, 0.29) is 35.3 Å². The zero-order valence-corrected chi connectivity index (χ0v) is 13.0. The Labute approximate surface area is 133 Å².